The smallest absolute Gasteiger partial charge is 0.269 e. The predicted octanol–water partition coefficient (Wildman–Crippen LogP) is 4.04. The molecule has 150 valence electrons. The second kappa shape index (κ2) is 8.29. The second-order valence-electron chi connectivity index (χ2n) is 6.41. The maximum absolute atomic E-state index is 12.7. The Morgan fingerprint density at radius 2 is 1.93 bits per heavy atom. The van der Waals surface area contributed by atoms with Crippen molar-refractivity contribution < 1.29 is 9.72 Å². The highest BCUT2D eigenvalue weighted by Gasteiger charge is 2.13. The zero-order valence-electron chi connectivity index (χ0n) is 15.5. The fourth-order valence-electron chi connectivity index (χ4n) is 2.87. The Morgan fingerprint density at radius 3 is 2.67 bits per heavy atom. The number of benzene rings is 2. The molecule has 30 heavy (non-hydrogen) atoms. The van der Waals surface area contributed by atoms with Gasteiger partial charge in [-0.25, -0.2) is 9.36 Å². The van der Waals surface area contributed by atoms with Gasteiger partial charge in [0.15, 0.2) is 0 Å². The van der Waals surface area contributed by atoms with Crippen molar-refractivity contribution in [2.24, 2.45) is 0 Å². The molecule has 0 aliphatic rings. The molecule has 9 nitrogen and oxygen atoms in total. The van der Waals surface area contributed by atoms with Crippen LogP contribution in [-0.4, -0.2) is 30.4 Å². The number of rotatable bonds is 6. The van der Waals surface area contributed by atoms with Crippen LogP contribution in [0, 0.1) is 10.1 Å². The molecule has 2 aromatic heterocycles. The molecular weight excluding hydrogens is 452 g/mol. The molecule has 0 radical (unpaired) electrons. The van der Waals surface area contributed by atoms with Gasteiger partial charge in [0.05, 0.1) is 35.1 Å². The first-order valence-corrected chi connectivity index (χ1v) is 9.66. The van der Waals surface area contributed by atoms with Crippen LogP contribution in [0.4, 0.5) is 11.5 Å². The lowest BCUT2D eigenvalue weighted by atomic mass is 10.2. The Kier molecular flexibility index (Phi) is 5.40. The predicted molar refractivity (Wildman–Crippen MR) is 114 cm³/mol. The summed E-state index contributed by atoms with van der Waals surface area (Å²) in [4.78, 5) is 23.0. The van der Waals surface area contributed by atoms with Gasteiger partial charge in [0.1, 0.15) is 5.82 Å². The maximum Gasteiger partial charge on any atom is 0.269 e. The molecule has 0 aliphatic carbocycles. The zero-order chi connectivity index (χ0) is 21.1. The molecule has 10 heteroatoms. The minimum Gasteiger partial charge on any atom is -0.307 e. The Labute approximate surface area is 179 Å². The molecule has 0 spiro atoms. The van der Waals surface area contributed by atoms with E-state index in [1.807, 2.05) is 24.3 Å². The summed E-state index contributed by atoms with van der Waals surface area (Å²) in [7, 11) is 0. The first kappa shape index (κ1) is 19.5. The number of anilines is 1. The number of non-ortho nitro benzene ring substituents is 1. The highest BCUT2D eigenvalue weighted by molar-refractivity contribution is 9.10. The van der Waals surface area contributed by atoms with Crippen LogP contribution in [0.15, 0.2) is 77.7 Å². The van der Waals surface area contributed by atoms with Crippen LogP contribution in [0.25, 0.3) is 5.69 Å². The van der Waals surface area contributed by atoms with Crippen molar-refractivity contribution in [2.45, 2.75) is 6.54 Å². The number of halogens is 1. The van der Waals surface area contributed by atoms with E-state index in [1.54, 1.807) is 35.3 Å². The normalized spacial score (nSPS) is 10.7. The van der Waals surface area contributed by atoms with Crippen molar-refractivity contribution in [2.75, 3.05) is 5.32 Å². The fraction of sp³-hybridized carbons (Fsp3) is 0.0500. The molecule has 0 aliphatic heterocycles. The van der Waals surface area contributed by atoms with Gasteiger partial charge in [-0.2, -0.15) is 10.2 Å². The van der Waals surface area contributed by atoms with Crippen LogP contribution in [-0.2, 0) is 6.54 Å². The van der Waals surface area contributed by atoms with Gasteiger partial charge >= 0.3 is 0 Å². The van der Waals surface area contributed by atoms with Gasteiger partial charge < -0.3 is 5.32 Å². The highest BCUT2D eigenvalue weighted by Crippen LogP contribution is 2.17. The summed E-state index contributed by atoms with van der Waals surface area (Å²) in [6.45, 7) is 0.504. The second-order valence-corrected chi connectivity index (χ2v) is 7.32. The van der Waals surface area contributed by atoms with Crippen LogP contribution in [0.1, 0.15) is 15.9 Å². The Balaban J connectivity index is 1.48. The van der Waals surface area contributed by atoms with Gasteiger partial charge in [0.25, 0.3) is 11.6 Å². The van der Waals surface area contributed by atoms with E-state index in [9.17, 15) is 14.9 Å². The number of nitrogens with zero attached hydrogens (tertiary/aromatic N) is 5. The molecule has 4 rings (SSSR count). The Bertz CT molecular complexity index is 1220. The number of nitrogens with one attached hydrogen (secondary N) is 1. The molecule has 2 heterocycles. The van der Waals surface area contributed by atoms with E-state index in [4.69, 9.17) is 0 Å². The van der Waals surface area contributed by atoms with E-state index in [-0.39, 0.29) is 11.6 Å². The lowest BCUT2D eigenvalue weighted by Crippen LogP contribution is -2.15. The molecule has 0 atom stereocenters. The molecule has 0 saturated heterocycles. The van der Waals surface area contributed by atoms with Crippen LogP contribution < -0.4 is 5.32 Å². The molecule has 1 amide bonds. The van der Waals surface area contributed by atoms with Crippen molar-refractivity contribution in [3.8, 4) is 5.69 Å². The average molecular weight is 467 g/mol. The van der Waals surface area contributed by atoms with E-state index in [2.05, 4.69) is 31.4 Å². The van der Waals surface area contributed by atoms with E-state index in [1.165, 1.54) is 23.0 Å². The standard InChI is InChI=1S/C20H15BrN6O3/c21-16-3-1-2-14(10-16)12-26-19(8-9-22-26)24-20(28)15-11-23-25(13-15)17-4-6-18(7-5-17)27(29)30/h1-11,13H,12H2,(H,24,28). The number of nitro groups is 1. The third kappa shape index (κ3) is 4.28. The molecule has 4 aromatic rings. The average Bonchev–Trinajstić information content (AvgIpc) is 3.38. The largest absolute Gasteiger partial charge is 0.307 e. The topological polar surface area (TPSA) is 108 Å². The lowest BCUT2D eigenvalue weighted by molar-refractivity contribution is -0.384. The summed E-state index contributed by atoms with van der Waals surface area (Å²) in [5, 5.41) is 22.1. The van der Waals surface area contributed by atoms with E-state index in [0.29, 0.717) is 23.6 Å². The summed E-state index contributed by atoms with van der Waals surface area (Å²) in [6.07, 6.45) is 4.62. The number of nitro benzene ring substituents is 1. The third-order valence-corrected chi connectivity index (χ3v) is 4.84. The minimum atomic E-state index is -0.469. The third-order valence-electron chi connectivity index (χ3n) is 4.35. The summed E-state index contributed by atoms with van der Waals surface area (Å²) >= 11 is 3.45. The zero-order valence-corrected chi connectivity index (χ0v) is 17.1. The number of amides is 1. The Morgan fingerprint density at radius 1 is 1.13 bits per heavy atom. The van der Waals surface area contributed by atoms with E-state index < -0.39 is 4.92 Å². The number of aromatic nitrogens is 4. The van der Waals surface area contributed by atoms with Crippen LogP contribution in [0.3, 0.4) is 0 Å². The minimum absolute atomic E-state index is 0.0115. The molecule has 0 fully saturated rings. The quantitative estimate of drug-likeness (QED) is 0.340. The Hall–Kier alpha value is -3.79. The molecule has 0 saturated carbocycles. The van der Waals surface area contributed by atoms with Crippen molar-refractivity contribution in [1.82, 2.24) is 19.6 Å². The van der Waals surface area contributed by atoms with Crippen molar-refractivity contribution in [1.29, 1.82) is 0 Å². The SMILES string of the molecule is O=C(Nc1ccnn1Cc1cccc(Br)c1)c1cnn(-c2ccc([N+](=O)[O-])cc2)c1. The molecule has 1 N–H and O–H groups in total. The van der Waals surface area contributed by atoms with Crippen LogP contribution >= 0.6 is 15.9 Å². The monoisotopic (exact) mass is 466 g/mol. The van der Waals surface area contributed by atoms with Gasteiger partial charge in [-0.05, 0) is 29.8 Å². The number of hydrogen-bond donors (Lipinski definition) is 1. The summed E-state index contributed by atoms with van der Waals surface area (Å²) in [5.74, 6) is 0.224. The van der Waals surface area contributed by atoms with Crippen LogP contribution in [0.5, 0.6) is 0 Å². The first-order chi connectivity index (χ1) is 14.5. The molecule has 2 aromatic carbocycles. The lowest BCUT2D eigenvalue weighted by Gasteiger charge is -2.09. The highest BCUT2D eigenvalue weighted by atomic mass is 79.9. The molecular formula is C20H15BrN6O3. The summed E-state index contributed by atoms with van der Waals surface area (Å²) in [6, 6.07) is 15.5. The first-order valence-electron chi connectivity index (χ1n) is 8.87. The van der Waals surface area contributed by atoms with Gasteiger partial charge in [-0.1, -0.05) is 28.1 Å². The van der Waals surface area contributed by atoms with E-state index in [0.717, 1.165) is 10.0 Å². The van der Waals surface area contributed by atoms with E-state index >= 15 is 0 Å². The van der Waals surface area contributed by atoms with Crippen LogP contribution in [0.2, 0.25) is 0 Å². The van der Waals surface area contributed by atoms with Crippen molar-refractivity contribution in [3.63, 3.8) is 0 Å². The van der Waals surface area contributed by atoms with Gasteiger partial charge in [-0.3, -0.25) is 14.9 Å². The summed E-state index contributed by atoms with van der Waals surface area (Å²) < 4.78 is 4.15. The van der Waals surface area contributed by atoms with Crippen molar-refractivity contribution >= 4 is 33.3 Å². The van der Waals surface area contributed by atoms with Gasteiger partial charge in [0, 0.05) is 28.9 Å². The van der Waals surface area contributed by atoms with Gasteiger partial charge in [0.2, 0.25) is 0 Å². The maximum atomic E-state index is 12.7. The summed E-state index contributed by atoms with van der Waals surface area (Å²) in [5.41, 5.74) is 1.99. The number of hydrogen-bond acceptors (Lipinski definition) is 5. The molecule has 0 bridgehead atoms. The van der Waals surface area contributed by atoms with Crippen molar-refractivity contribution in [3.05, 3.63) is 98.9 Å². The molecule has 0 unspecified atom stereocenters. The van der Waals surface area contributed by atoms with Gasteiger partial charge in [-0.15, -0.1) is 0 Å². The number of carbonyl (C=O) groups is 1. The number of carbonyl (C=O) groups excluding carboxylic acids is 1. The fourth-order valence-corrected chi connectivity index (χ4v) is 3.32.